The van der Waals surface area contributed by atoms with E-state index < -0.39 is 0 Å². The van der Waals surface area contributed by atoms with Crippen LogP contribution in [-0.4, -0.2) is 29.9 Å². The van der Waals surface area contributed by atoms with Gasteiger partial charge in [0.05, 0.1) is 12.8 Å². The first-order valence-electron chi connectivity index (χ1n) is 8.23. The minimum Gasteiger partial charge on any atom is -0.469 e. The van der Waals surface area contributed by atoms with E-state index in [0.717, 1.165) is 41.8 Å². The average Bonchev–Trinajstić information content (AvgIpc) is 2.92. The maximum atomic E-state index is 12.7. The van der Waals surface area contributed by atoms with Gasteiger partial charge in [-0.15, -0.1) is 0 Å². The normalized spacial score (nSPS) is 16.7. The summed E-state index contributed by atoms with van der Waals surface area (Å²) in [6.45, 7) is 1.83. The van der Waals surface area contributed by atoms with Crippen molar-refractivity contribution in [2.24, 2.45) is 0 Å². The quantitative estimate of drug-likeness (QED) is 0.846. The van der Waals surface area contributed by atoms with Crippen LogP contribution in [0.2, 0.25) is 0 Å². The summed E-state index contributed by atoms with van der Waals surface area (Å²) in [7, 11) is 0. The third kappa shape index (κ3) is 2.64. The van der Waals surface area contributed by atoms with E-state index in [-0.39, 0.29) is 11.9 Å². The Kier molecular flexibility index (Phi) is 3.72. The first kappa shape index (κ1) is 14.8. The third-order valence-corrected chi connectivity index (χ3v) is 4.64. The maximum Gasteiger partial charge on any atom is 0.322 e. The van der Waals surface area contributed by atoms with Crippen LogP contribution < -0.4 is 10.6 Å². The molecule has 0 saturated carbocycles. The van der Waals surface area contributed by atoms with Crippen molar-refractivity contribution < 1.29 is 14.0 Å². The van der Waals surface area contributed by atoms with Crippen molar-refractivity contribution >= 4 is 17.6 Å². The molecule has 2 aliphatic rings. The first-order chi connectivity index (χ1) is 11.7. The van der Waals surface area contributed by atoms with E-state index in [9.17, 15) is 9.59 Å². The Labute approximate surface area is 139 Å². The highest BCUT2D eigenvalue weighted by Crippen LogP contribution is 2.25. The number of aryl methyl sites for hydroxylation is 1. The number of nitrogens with zero attached hydrogens (tertiary/aromatic N) is 1. The standard InChI is InChI=1S/C18H19N3O3/c22-17-14-3-1-4-15(13(14)6-8-19-17)20-18(23)21-9-2-5-16-12(11-21)7-10-24-16/h1,3-4,7,10H,2,5-6,8-9,11H2,(H,19,22)(H,20,23). The van der Waals surface area contributed by atoms with E-state index in [1.54, 1.807) is 23.3 Å². The zero-order valence-corrected chi connectivity index (χ0v) is 13.3. The van der Waals surface area contributed by atoms with Crippen molar-refractivity contribution in [1.82, 2.24) is 10.2 Å². The van der Waals surface area contributed by atoms with Crippen molar-refractivity contribution in [3.8, 4) is 0 Å². The van der Waals surface area contributed by atoms with E-state index in [0.29, 0.717) is 25.2 Å². The van der Waals surface area contributed by atoms with Gasteiger partial charge in [0.1, 0.15) is 5.76 Å². The lowest BCUT2D eigenvalue weighted by Gasteiger charge is -2.24. The topological polar surface area (TPSA) is 74.6 Å². The van der Waals surface area contributed by atoms with Gasteiger partial charge >= 0.3 is 6.03 Å². The van der Waals surface area contributed by atoms with Gasteiger partial charge in [-0.05, 0) is 36.6 Å². The van der Waals surface area contributed by atoms with Crippen LogP contribution in [0.4, 0.5) is 10.5 Å². The Bertz CT molecular complexity index is 797. The molecule has 0 fully saturated rings. The van der Waals surface area contributed by atoms with Gasteiger partial charge in [0.2, 0.25) is 0 Å². The summed E-state index contributed by atoms with van der Waals surface area (Å²) in [6, 6.07) is 7.24. The van der Waals surface area contributed by atoms with E-state index in [4.69, 9.17) is 4.42 Å². The molecule has 0 radical (unpaired) electrons. The molecule has 0 spiro atoms. The molecule has 3 amide bonds. The highest BCUT2D eigenvalue weighted by atomic mass is 16.3. The van der Waals surface area contributed by atoms with Crippen LogP contribution in [0.5, 0.6) is 0 Å². The molecule has 4 rings (SSSR count). The molecular formula is C18H19N3O3. The molecule has 0 atom stereocenters. The zero-order chi connectivity index (χ0) is 16.5. The number of rotatable bonds is 1. The number of hydrogen-bond acceptors (Lipinski definition) is 3. The molecular weight excluding hydrogens is 306 g/mol. The van der Waals surface area contributed by atoms with Crippen LogP contribution >= 0.6 is 0 Å². The minimum atomic E-state index is -0.136. The predicted octanol–water partition coefficient (Wildman–Crippen LogP) is 2.55. The van der Waals surface area contributed by atoms with Crippen molar-refractivity contribution in [2.75, 3.05) is 18.4 Å². The summed E-state index contributed by atoms with van der Waals surface area (Å²) >= 11 is 0. The van der Waals surface area contributed by atoms with Gasteiger partial charge in [-0.3, -0.25) is 4.79 Å². The number of hydrogen-bond donors (Lipinski definition) is 2. The molecule has 6 nitrogen and oxygen atoms in total. The van der Waals surface area contributed by atoms with Gasteiger partial charge in [0.15, 0.2) is 0 Å². The monoisotopic (exact) mass is 325 g/mol. The highest BCUT2D eigenvalue weighted by Gasteiger charge is 2.23. The Morgan fingerprint density at radius 2 is 2.17 bits per heavy atom. The number of fused-ring (bicyclic) bond motifs is 2. The van der Waals surface area contributed by atoms with Gasteiger partial charge in [0.25, 0.3) is 5.91 Å². The van der Waals surface area contributed by atoms with Crippen molar-refractivity contribution in [2.45, 2.75) is 25.8 Å². The fourth-order valence-electron chi connectivity index (χ4n) is 3.39. The second kappa shape index (κ2) is 6.03. The van der Waals surface area contributed by atoms with E-state index in [1.807, 2.05) is 12.1 Å². The molecule has 0 bridgehead atoms. The molecule has 1 aromatic carbocycles. The summed E-state index contributed by atoms with van der Waals surface area (Å²) in [5.41, 5.74) is 3.35. The summed E-state index contributed by atoms with van der Waals surface area (Å²) in [6.07, 6.45) is 4.14. The maximum absolute atomic E-state index is 12.7. The summed E-state index contributed by atoms with van der Waals surface area (Å²) < 4.78 is 5.47. The number of urea groups is 1. The van der Waals surface area contributed by atoms with Gasteiger partial charge in [-0.25, -0.2) is 4.79 Å². The molecule has 6 heteroatoms. The van der Waals surface area contributed by atoms with Crippen LogP contribution in [0.25, 0.3) is 0 Å². The van der Waals surface area contributed by atoms with Crippen LogP contribution in [-0.2, 0) is 19.4 Å². The molecule has 2 aromatic rings. The Morgan fingerprint density at radius 1 is 1.25 bits per heavy atom. The summed E-state index contributed by atoms with van der Waals surface area (Å²) in [5.74, 6) is 0.893. The number of carbonyl (C=O) groups excluding carboxylic acids is 2. The molecule has 24 heavy (non-hydrogen) atoms. The fraction of sp³-hybridized carbons (Fsp3) is 0.333. The second-order valence-electron chi connectivity index (χ2n) is 6.16. The lowest BCUT2D eigenvalue weighted by atomic mass is 9.98. The fourth-order valence-corrected chi connectivity index (χ4v) is 3.39. The van der Waals surface area contributed by atoms with Crippen LogP contribution in [0, 0.1) is 0 Å². The van der Waals surface area contributed by atoms with E-state index >= 15 is 0 Å². The zero-order valence-electron chi connectivity index (χ0n) is 13.3. The van der Waals surface area contributed by atoms with E-state index in [1.165, 1.54) is 0 Å². The third-order valence-electron chi connectivity index (χ3n) is 4.64. The molecule has 2 aliphatic heterocycles. The largest absolute Gasteiger partial charge is 0.469 e. The Hall–Kier alpha value is -2.76. The summed E-state index contributed by atoms with van der Waals surface area (Å²) in [5, 5.41) is 5.81. The molecule has 0 saturated heterocycles. The first-order valence-corrected chi connectivity index (χ1v) is 8.23. The Balaban J connectivity index is 1.55. The van der Waals surface area contributed by atoms with Crippen LogP contribution in [0.15, 0.2) is 34.9 Å². The average molecular weight is 325 g/mol. The van der Waals surface area contributed by atoms with Gasteiger partial charge < -0.3 is 20.0 Å². The number of nitrogens with one attached hydrogen (secondary N) is 2. The smallest absolute Gasteiger partial charge is 0.322 e. The lowest BCUT2D eigenvalue weighted by molar-refractivity contribution is 0.0946. The minimum absolute atomic E-state index is 0.0786. The van der Waals surface area contributed by atoms with Crippen molar-refractivity contribution in [1.29, 1.82) is 0 Å². The number of benzene rings is 1. The van der Waals surface area contributed by atoms with Crippen LogP contribution in [0.3, 0.4) is 0 Å². The predicted molar refractivity (Wildman–Crippen MR) is 88.9 cm³/mol. The van der Waals surface area contributed by atoms with Crippen LogP contribution in [0.1, 0.15) is 33.7 Å². The SMILES string of the molecule is O=C1NCCc2c(NC(=O)N3CCCc4occc4C3)cccc21. The molecule has 0 unspecified atom stereocenters. The van der Waals surface area contributed by atoms with Gasteiger partial charge in [0, 0.05) is 36.3 Å². The Morgan fingerprint density at radius 3 is 3.08 bits per heavy atom. The molecule has 1 aromatic heterocycles. The number of carbonyl (C=O) groups is 2. The molecule has 2 N–H and O–H groups in total. The van der Waals surface area contributed by atoms with E-state index in [2.05, 4.69) is 10.6 Å². The lowest BCUT2D eigenvalue weighted by Crippen LogP contribution is -2.36. The number of anilines is 1. The number of furan rings is 1. The van der Waals surface area contributed by atoms with Gasteiger partial charge in [-0.2, -0.15) is 0 Å². The number of amides is 3. The van der Waals surface area contributed by atoms with Crippen molar-refractivity contribution in [3.63, 3.8) is 0 Å². The highest BCUT2D eigenvalue weighted by molar-refractivity contribution is 6.00. The second-order valence-corrected chi connectivity index (χ2v) is 6.16. The molecule has 3 heterocycles. The molecule has 0 aliphatic carbocycles. The molecule has 124 valence electrons. The van der Waals surface area contributed by atoms with Gasteiger partial charge in [-0.1, -0.05) is 6.07 Å². The summed E-state index contributed by atoms with van der Waals surface area (Å²) in [4.78, 5) is 26.4. The van der Waals surface area contributed by atoms with Crippen molar-refractivity contribution in [3.05, 3.63) is 53.0 Å².